The van der Waals surface area contributed by atoms with Gasteiger partial charge in [0.2, 0.25) is 23.5 Å². The van der Waals surface area contributed by atoms with E-state index >= 15 is 0 Å². The first-order valence-corrected chi connectivity index (χ1v) is 15.8. The van der Waals surface area contributed by atoms with Gasteiger partial charge in [-0.15, -0.1) is 0 Å². The van der Waals surface area contributed by atoms with Crippen molar-refractivity contribution in [2.75, 3.05) is 0 Å². The van der Waals surface area contributed by atoms with Crippen LogP contribution in [0.15, 0.2) is 78.9 Å². The van der Waals surface area contributed by atoms with Gasteiger partial charge in [0.1, 0.15) is 6.04 Å². The molecule has 3 aromatic carbocycles. The summed E-state index contributed by atoms with van der Waals surface area (Å²) < 4.78 is 11.3. The predicted molar refractivity (Wildman–Crippen MR) is 182 cm³/mol. The molecule has 0 aromatic heterocycles. The fourth-order valence-electron chi connectivity index (χ4n) is 5.64. The zero-order chi connectivity index (χ0) is 34.5. The summed E-state index contributed by atoms with van der Waals surface area (Å²) in [6, 6.07) is 21.5. The smallest absolute Gasteiger partial charge is 0.338 e. The average molecular weight is 640 g/mol. The van der Waals surface area contributed by atoms with Crippen molar-refractivity contribution in [1.82, 2.24) is 10.6 Å². The Morgan fingerprint density at radius 3 is 2.26 bits per heavy atom. The normalized spacial score (nSPS) is 17.9. The summed E-state index contributed by atoms with van der Waals surface area (Å²) >= 11 is 0. The lowest BCUT2D eigenvalue weighted by molar-refractivity contribution is -0.162. The van der Waals surface area contributed by atoms with E-state index in [1.807, 2.05) is 101 Å². The maximum atomic E-state index is 13.9. The van der Waals surface area contributed by atoms with Crippen molar-refractivity contribution in [3.63, 3.8) is 0 Å². The quantitative estimate of drug-likeness (QED) is 0.225. The molecule has 1 aliphatic rings. The molecule has 9 heteroatoms. The molecule has 47 heavy (non-hydrogen) atoms. The maximum absolute atomic E-state index is 13.9. The van der Waals surface area contributed by atoms with E-state index in [0.29, 0.717) is 5.56 Å². The molecule has 1 saturated heterocycles. The number of esters is 1. The SMILES string of the molecule is Cc1cc(C=CC[C@@H](C(=O)N[C@H](C(=O)N[C@H](C)c2ccccc2)C(C)(C)C)[C@@H]2OC(C)(C)OC2=O)ccc1-c1cccc(C(N)=O)c1. The largest absolute Gasteiger partial charge is 0.432 e. The van der Waals surface area contributed by atoms with Crippen molar-refractivity contribution in [3.05, 3.63) is 101 Å². The molecule has 0 saturated carbocycles. The second-order valence-electron chi connectivity index (χ2n) is 13.6. The first-order chi connectivity index (χ1) is 22.1. The second-order valence-corrected chi connectivity index (χ2v) is 13.6. The zero-order valence-corrected chi connectivity index (χ0v) is 28.1. The van der Waals surface area contributed by atoms with Crippen molar-refractivity contribution >= 4 is 29.8 Å². The first-order valence-electron chi connectivity index (χ1n) is 15.8. The summed E-state index contributed by atoms with van der Waals surface area (Å²) in [6.07, 6.45) is 2.70. The Hall–Kier alpha value is -4.76. The van der Waals surface area contributed by atoms with Gasteiger partial charge < -0.3 is 25.8 Å². The third kappa shape index (κ3) is 8.95. The minimum Gasteiger partial charge on any atom is -0.432 e. The van der Waals surface area contributed by atoms with E-state index in [9.17, 15) is 19.2 Å². The predicted octanol–water partition coefficient (Wildman–Crippen LogP) is 5.87. The number of aryl methyl sites for hydroxylation is 1. The Labute approximate surface area is 276 Å². The fourth-order valence-corrected chi connectivity index (χ4v) is 5.64. The van der Waals surface area contributed by atoms with Crippen LogP contribution in [0.4, 0.5) is 0 Å². The van der Waals surface area contributed by atoms with Crippen LogP contribution in [0.25, 0.3) is 17.2 Å². The van der Waals surface area contributed by atoms with Crippen LogP contribution in [0.3, 0.4) is 0 Å². The van der Waals surface area contributed by atoms with Crippen LogP contribution >= 0.6 is 0 Å². The van der Waals surface area contributed by atoms with E-state index in [4.69, 9.17) is 15.2 Å². The summed E-state index contributed by atoms with van der Waals surface area (Å²) in [6.45, 7) is 12.7. The molecular formula is C38H45N3O6. The lowest BCUT2D eigenvalue weighted by atomic mass is 9.85. The van der Waals surface area contributed by atoms with Gasteiger partial charge in [-0.1, -0.05) is 93.6 Å². The highest BCUT2D eigenvalue weighted by Crippen LogP contribution is 2.32. The number of hydrogen-bond donors (Lipinski definition) is 3. The van der Waals surface area contributed by atoms with Gasteiger partial charge in [0.25, 0.3) is 0 Å². The number of benzene rings is 3. The van der Waals surface area contributed by atoms with Gasteiger partial charge in [-0.3, -0.25) is 14.4 Å². The number of primary amides is 1. The Morgan fingerprint density at radius 2 is 1.66 bits per heavy atom. The summed E-state index contributed by atoms with van der Waals surface area (Å²) in [5, 5.41) is 5.95. The van der Waals surface area contributed by atoms with Crippen LogP contribution in [0, 0.1) is 18.3 Å². The van der Waals surface area contributed by atoms with Gasteiger partial charge in [0.05, 0.1) is 12.0 Å². The van der Waals surface area contributed by atoms with Crippen molar-refractivity contribution in [2.45, 2.75) is 78.9 Å². The Bertz CT molecular complexity index is 1660. The van der Waals surface area contributed by atoms with Gasteiger partial charge in [-0.25, -0.2) is 4.79 Å². The van der Waals surface area contributed by atoms with E-state index in [2.05, 4.69) is 10.6 Å². The lowest BCUT2D eigenvalue weighted by Gasteiger charge is -2.33. The summed E-state index contributed by atoms with van der Waals surface area (Å²) in [5.74, 6) is -4.08. The van der Waals surface area contributed by atoms with Crippen LogP contribution in [-0.2, 0) is 23.9 Å². The molecule has 1 fully saturated rings. The molecule has 3 amide bonds. The fraction of sp³-hybridized carbons (Fsp3) is 0.368. The minimum atomic E-state index is -1.19. The highest BCUT2D eigenvalue weighted by molar-refractivity contribution is 5.94. The van der Waals surface area contributed by atoms with Crippen molar-refractivity contribution in [2.24, 2.45) is 17.1 Å². The molecule has 0 bridgehead atoms. The van der Waals surface area contributed by atoms with E-state index in [1.54, 1.807) is 32.0 Å². The number of amides is 3. The van der Waals surface area contributed by atoms with Crippen molar-refractivity contribution < 1.29 is 28.7 Å². The highest BCUT2D eigenvalue weighted by atomic mass is 16.8. The summed E-state index contributed by atoms with van der Waals surface area (Å²) in [4.78, 5) is 52.1. The van der Waals surface area contributed by atoms with E-state index in [-0.39, 0.29) is 18.4 Å². The minimum absolute atomic E-state index is 0.155. The molecule has 248 valence electrons. The topological polar surface area (TPSA) is 137 Å². The maximum Gasteiger partial charge on any atom is 0.338 e. The molecule has 9 nitrogen and oxygen atoms in total. The van der Waals surface area contributed by atoms with Gasteiger partial charge in [-0.05, 0) is 65.6 Å². The first kappa shape index (κ1) is 35.1. The molecular weight excluding hydrogens is 594 g/mol. The number of carbonyl (C=O) groups is 4. The average Bonchev–Trinajstić information content (AvgIpc) is 3.28. The van der Waals surface area contributed by atoms with Crippen LogP contribution in [0.5, 0.6) is 0 Å². The number of carbonyl (C=O) groups excluding carboxylic acids is 4. The third-order valence-corrected chi connectivity index (χ3v) is 8.17. The summed E-state index contributed by atoms with van der Waals surface area (Å²) in [7, 11) is 0. The van der Waals surface area contributed by atoms with Crippen LogP contribution in [-0.4, -0.2) is 41.6 Å². The molecule has 4 rings (SSSR count). The molecule has 1 aliphatic heterocycles. The van der Waals surface area contributed by atoms with Gasteiger partial charge >= 0.3 is 5.97 Å². The summed E-state index contributed by atoms with van der Waals surface area (Å²) in [5.41, 5.74) is 9.90. The highest BCUT2D eigenvalue weighted by Gasteiger charge is 2.48. The number of allylic oxidation sites excluding steroid dienone is 1. The van der Waals surface area contributed by atoms with Gasteiger partial charge in [0, 0.05) is 19.4 Å². The Morgan fingerprint density at radius 1 is 0.957 bits per heavy atom. The number of nitrogens with two attached hydrogens (primary N) is 1. The third-order valence-electron chi connectivity index (χ3n) is 8.17. The number of ether oxygens (including phenoxy) is 2. The van der Waals surface area contributed by atoms with Gasteiger partial charge in [-0.2, -0.15) is 0 Å². The van der Waals surface area contributed by atoms with Crippen molar-refractivity contribution in [3.8, 4) is 11.1 Å². The zero-order valence-electron chi connectivity index (χ0n) is 28.1. The van der Waals surface area contributed by atoms with Crippen LogP contribution in [0.2, 0.25) is 0 Å². The van der Waals surface area contributed by atoms with E-state index < -0.39 is 47.0 Å². The van der Waals surface area contributed by atoms with E-state index in [1.165, 1.54) is 0 Å². The standard InChI is InChI=1S/C38H45N3O6/c1-23-21-25(19-20-29(23)27-16-12-17-28(22-27)33(39)42)13-11-18-30(31-36(45)47-38(6,7)46-31)34(43)41-32(37(3,4)5)35(44)40-24(2)26-14-9-8-10-15-26/h8-17,19-22,24,30-32H,18H2,1-7H3,(H2,39,42)(H,40,44)(H,41,43)/t24-,30-,31+,32-/m1/s1. The molecule has 4 N–H and O–H groups in total. The van der Waals surface area contributed by atoms with Crippen LogP contribution in [0.1, 0.15) is 81.1 Å². The molecule has 3 aromatic rings. The molecule has 0 spiro atoms. The molecule has 4 atom stereocenters. The second kappa shape index (κ2) is 14.3. The molecule has 1 heterocycles. The van der Waals surface area contributed by atoms with Gasteiger partial charge in [0.15, 0.2) is 6.10 Å². The Balaban J connectivity index is 1.54. The van der Waals surface area contributed by atoms with Crippen molar-refractivity contribution in [1.29, 1.82) is 0 Å². The molecule has 0 radical (unpaired) electrons. The molecule has 0 aliphatic carbocycles. The number of cyclic esters (lactones) is 1. The van der Waals surface area contributed by atoms with Crippen LogP contribution < -0.4 is 16.4 Å². The number of hydrogen-bond acceptors (Lipinski definition) is 6. The molecule has 0 unspecified atom stereocenters. The number of rotatable bonds is 11. The lowest BCUT2D eigenvalue weighted by Crippen LogP contribution is -2.56. The Kier molecular flexibility index (Phi) is 10.7. The van der Waals surface area contributed by atoms with E-state index in [0.717, 1.165) is 27.8 Å². The monoisotopic (exact) mass is 639 g/mol. The number of nitrogens with one attached hydrogen (secondary N) is 2.